The molecule has 1 aromatic heterocycles. The molecule has 0 amide bonds. The van der Waals surface area contributed by atoms with Crippen LogP contribution < -0.4 is 5.73 Å². The van der Waals surface area contributed by atoms with Gasteiger partial charge >= 0.3 is 0 Å². The highest BCUT2D eigenvalue weighted by atomic mass is 32.1. The van der Waals surface area contributed by atoms with Gasteiger partial charge in [0.15, 0.2) is 0 Å². The third kappa shape index (κ3) is 3.56. The number of rotatable bonds is 2. The molecule has 1 atom stereocenters. The molecule has 3 nitrogen and oxygen atoms in total. The lowest BCUT2D eigenvalue weighted by Gasteiger charge is -2.42. The Morgan fingerprint density at radius 1 is 1.47 bits per heavy atom. The van der Waals surface area contributed by atoms with Gasteiger partial charge in [-0.05, 0) is 17.3 Å². The average Bonchev–Trinajstić information content (AvgIpc) is 2.71. The maximum absolute atomic E-state index is 6.19. The Bertz CT molecular complexity index is 431. The molecule has 1 fully saturated rings. The number of hydrogen-bond donors (Lipinski definition) is 1. The van der Waals surface area contributed by atoms with Crippen LogP contribution in [-0.2, 0) is 12.0 Å². The minimum absolute atomic E-state index is 0.208. The van der Waals surface area contributed by atoms with E-state index in [2.05, 4.69) is 44.5 Å². The molecule has 1 unspecified atom stereocenters. The van der Waals surface area contributed by atoms with Crippen molar-refractivity contribution >= 4 is 11.3 Å². The van der Waals surface area contributed by atoms with Crippen molar-refractivity contribution < 1.29 is 0 Å². The van der Waals surface area contributed by atoms with Crippen LogP contribution in [0.5, 0.6) is 0 Å². The van der Waals surface area contributed by atoms with E-state index in [9.17, 15) is 0 Å². The van der Waals surface area contributed by atoms with E-state index in [1.807, 2.05) is 17.5 Å². The van der Waals surface area contributed by atoms with Crippen molar-refractivity contribution in [2.24, 2.45) is 11.1 Å². The highest BCUT2D eigenvalue weighted by Gasteiger charge is 2.33. The predicted molar refractivity (Wildman–Crippen MR) is 82.5 cm³/mol. The monoisotopic (exact) mass is 281 g/mol. The molecule has 1 aliphatic rings. The summed E-state index contributed by atoms with van der Waals surface area (Å²) >= 11 is 1.85. The van der Waals surface area contributed by atoms with Crippen LogP contribution in [0.1, 0.15) is 50.9 Å². The Balaban J connectivity index is 2.00. The fourth-order valence-electron chi connectivity index (χ4n) is 2.54. The smallest absolute Gasteiger partial charge is 0.107 e. The lowest BCUT2D eigenvalue weighted by atomic mass is 9.80. The number of thiazole rings is 1. The van der Waals surface area contributed by atoms with Gasteiger partial charge in [0.25, 0.3) is 0 Å². The molecular weight excluding hydrogens is 254 g/mol. The van der Waals surface area contributed by atoms with Crippen molar-refractivity contribution in [3.63, 3.8) is 0 Å². The van der Waals surface area contributed by atoms with Gasteiger partial charge in [0.2, 0.25) is 0 Å². The molecule has 0 aromatic carbocycles. The van der Waals surface area contributed by atoms with E-state index in [1.54, 1.807) is 0 Å². The van der Waals surface area contributed by atoms with Crippen molar-refractivity contribution in [2.45, 2.75) is 59.0 Å². The number of aromatic nitrogens is 1. The quantitative estimate of drug-likeness (QED) is 0.906. The first-order valence-corrected chi connectivity index (χ1v) is 7.93. The maximum Gasteiger partial charge on any atom is 0.107 e. The molecule has 4 heteroatoms. The Morgan fingerprint density at radius 3 is 2.68 bits per heavy atom. The fourth-order valence-corrected chi connectivity index (χ4v) is 3.56. The van der Waals surface area contributed by atoms with Gasteiger partial charge in [-0.1, -0.05) is 34.6 Å². The number of nitrogens with two attached hydrogens (primary N) is 1. The summed E-state index contributed by atoms with van der Waals surface area (Å²) in [7, 11) is 0. The highest BCUT2D eigenvalue weighted by molar-refractivity contribution is 7.11. The molecule has 2 heterocycles. The summed E-state index contributed by atoms with van der Waals surface area (Å²) in [4.78, 5) is 8.45. The maximum atomic E-state index is 6.19. The molecule has 1 aliphatic heterocycles. The van der Waals surface area contributed by atoms with Crippen LogP contribution >= 0.6 is 11.3 Å². The molecule has 0 saturated carbocycles. The zero-order valence-electron chi connectivity index (χ0n) is 12.9. The van der Waals surface area contributed by atoms with Gasteiger partial charge in [0.05, 0.1) is 6.54 Å². The van der Waals surface area contributed by atoms with Gasteiger partial charge in [0, 0.05) is 30.2 Å². The molecule has 0 radical (unpaired) electrons. The largest absolute Gasteiger partial charge is 0.327 e. The highest BCUT2D eigenvalue weighted by Crippen LogP contribution is 2.31. The van der Waals surface area contributed by atoms with E-state index in [0.29, 0.717) is 6.04 Å². The lowest BCUT2D eigenvalue weighted by molar-refractivity contribution is 0.0898. The van der Waals surface area contributed by atoms with Crippen LogP contribution in [0.4, 0.5) is 0 Å². The third-order valence-corrected chi connectivity index (χ3v) is 5.45. The lowest BCUT2D eigenvalue weighted by Crippen LogP contribution is -2.52. The topological polar surface area (TPSA) is 42.2 Å². The summed E-state index contributed by atoms with van der Waals surface area (Å²) in [5.41, 5.74) is 6.61. The summed E-state index contributed by atoms with van der Waals surface area (Å²) in [6.07, 6.45) is 3.13. The minimum Gasteiger partial charge on any atom is -0.327 e. The molecule has 2 N–H and O–H groups in total. The van der Waals surface area contributed by atoms with E-state index in [1.165, 1.54) is 9.88 Å². The van der Waals surface area contributed by atoms with E-state index in [0.717, 1.165) is 26.1 Å². The van der Waals surface area contributed by atoms with Gasteiger partial charge in [-0.15, -0.1) is 11.3 Å². The number of piperidine rings is 1. The van der Waals surface area contributed by atoms with Crippen LogP contribution in [0.3, 0.4) is 0 Å². The first kappa shape index (κ1) is 14.9. The summed E-state index contributed by atoms with van der Waals surface area (Å²) in [6.45, 7) is 14.4. The normalized spacial score (nSPS) is 24.6. The van der Waals surface area contributed by atoms with Crippen LogP contribution in [0.15, 0.2) is 6.20 Å². The van der Waals surface area contributed by atoms with E-state index in [4.69, 9.17) is 5.73 Å². The number of hydrogen-bond acceptors (Lipinski definition) is 4. The summed E-state index contributed by atoms with van der Waals surface area (Å²) in [5.74, 6) is 0. The van der Waals surface area contributed by atoms with Crippen LogP contribution in [0, 0.1) is 5.41 Å². The van der Waals surface area contributed by atoms with Crippen LogP contribution in [-0.4, -0.2) is 29.0 Å². The molecule has 19 heavy (non-hydrogen) atoms. The Hall–Kier alpha value is -0.450. The second kappa shape index (κ2) is 5.15. The Kier molecular flexibility index (Phi) is 4.05. The van der Waals surface area contributed by atoms with E-state index >= 15 is 0 Å². The predicted octanol–water partition coefficient (Wildman–Crippen LogP) is 3.00. The second-order valence-corrected chi connectivity index (χ2v) is 8.58. The zero-order valence-corrected chi connectivity index (χ0v) is 13.7. The molecule has 0 bridgehead atoms. The summed E-state index contributed by atoms with van der Waals surface area (Å²) in [5, 5.41) is 1.23. The minimum atomic E-state index is 0.208. The van der Waals surface area contributed by atoms with Crippen molar-refractivity contribution in [3.05, 3.63) is 16.1 Å². The Morgan fingerprint density at radius 2 is 2.16 bits per heavy atom. The standard InChI is InChI=1S/C15H27N3S/c1-14(2,3)12-8-17-13(19-12)9-18-7-6-11(16)15(4,5)10-18/h8,11H,6-7,9-10,16H2,1-5H3. The van der Waals surface area contributed by atoms with Crippen molar-refractivity contribution in [3.8, 4) is 0 Å². The molecule has 0 aliphatic carbocycles. The fraction of sp³-hybridized carbons (Fsp3) is 0.800. The second-order valence-electron chi connectivity index (χ2n) is 7.46. The Labute approximate surface area is 121 Å². The van der Waals surface area contributed by atoms with Gasteiger partial charge in [-0.3, -0.25) is 4.90 Å². The molecular formula is C15H27N3S. The van der Waals surface area contributed by atoms with Gasteiger partial charge in [0.1, 0.15) is 5.01 Å². The number of likely N-dealkylation sites (tertiary alicyclic amines) is 1. The van der Waals surface area contributed by atoms with Crippen molar-refractivity contribution in [1.82, 2.24) is 9.88 Å². The zero-order chi connectivity index (χ0) is 14.3. The van der Waals surface area contributed by atoms with Crippen molar-refractivity contribution in [1.29, 1.82) is 0 Å². The molecule has 2 rings (SSSR count). The van der Waals surface area contributed by atoms with Gasteiger partial charge in [-0.25, -0.2) is 4.98 Å². The van der Waals surface area contributed by atoms with Crippen molar-refractivity contribution in [2.75, 3.05) is 13.1 Å². The molecule has 108 valence electrons. The van der Waals surface area contributed by atoms with E-state index in [-0.39, 0.29) is 10.8 Å². The first-order valence-electron chi connectivity index (χ1n) is 7.11. The number of nitrogens with zero attached hydrogens (tertiary/aromatic N) is 2. The van der Waals surface area contributed by atoms with E-state index < -0.39 is 0 Å². The van der Waals surface area contributed by atoms with Gasteiger partial charge < -0.3 is 5.73 Å². The summed E-state index contributed by atoms with van der Waals surface area (Å²) < 4.78 is 0. The van der Waals surface area contributed by atoms with Gasteiger partial charge in [-0.2, -0.15) is 0 Å². The van der Waals surface area contributed by atoms with Crippen LogP contribution in [0.2, 0.25) is 0 Å². The summed E-state index contributed by atoms with van der Waals surface area (Å²) in [6, 6.07) is 0.324. The SMILES string of the molecule is CC(C)(C)c1cnc(CN2CCC(N)C(C)(C)C2)s1. The first-order chi connectivity index (χ1) is 8.68. The van der Waals surface area contributed by atoms with Crippen LogP contribution in [0.25, 0.3) is 0 Å². The molecule has 0 spiro atoms. The molecule has 1 aromatic rings. The third-order valence-electron chi connectivity index (χ3n) is 4.04. The average molecular weight is 281 g/mol. The molecule has 1 saturated heterocycles.